The molecule has 0 aliphatic carbocycles. The zero-order chi connectivity index (χ0) is 16.2. The van der Waals surface area contributed by atoms with Gasteiger partial charge in [-0.05, 0) is 36.2 Å². The summed E-state index contributed by atoms with van der Waals surface area (Å²) in [6.45, 7) is 1.82. The fraction of sp³-hybridized carbons (Fsp3) is 0.143. The van der Waals surface area contributed by atoms with Crippen molar-refractivity contribution in [3.05, 3.63) is 57.6 Å². The van der Waals surface area contributed by atoms with Crippen molar-refractivity contribution in [1.82, 2.24) is 0 Å². The van der Waals surface area contributed by atoms with Crippen molar-refractivity contribution in [2.75, 3.05) is 11.5 Å². The maximum Gasteiger partial charge on any atom is 0.150 e. The molecule has 2 aromatic rings. The molecule has 0 aromatic heterocycles. The lowest BCUT2D eigenvalue weighted by molar-refractivity contribution is 0.588. The van der Waals surface area contributed by atoms with Crippen LogP contribution in [-0.2, 0) is 6.42 Å². The second-order valence-electron chi connectivity index (χ2n) is 4.11. The lowest BCUT2D eigenvalue weighted by Gasteiger charge is -2.01. The van der Waals surface area contributed by atoms with Gasteiger partial charge in [-0.15, -0.1) is 0 Å². The quantitative estimate of drug-likeness (QED) is 0.581. The fourth-order valence-electron chi connectivity index (χ4n) is 1.39. The van der Waals surface area contributed by atoms with Crippen LogP contribution in [0.15, 0.2) is 28.7 Å². The standard InChI is InChI=1S/C8H9F2N.C6H4BrF2N/c1-2-5-3-6(9)8(11)7(10)4-5;7-3-1-4(8)6(10)5(9)2-3/h3-4H,2,11H2,1H3;1-2H,10H2. The molecule has 0 spiro atoms. The van der Waals surface area contributed by atoms with Gasteiger partial charge in [-0.25, -0.2) is 17.6 Å². The van der Waals surface area contributed by atoms with E-state index in [9.17, 15) is 17.6 Å². The van der Waals surface area contributed by atoms with Crippen molar-refractivity contribution in [3.63, 3.8) is 0 Å². The molecule has 0 fully saturated rings. The Hall–Kier alpha value is -1.76. The van der Waals surface area contributed by atoms with Crippen LogP contribution in [-0.4, -0.2) is 0 Å². The molecule has 4 N–H and O–H groups in total. The lowest BCUT2D eigenvalue weighted by Crippen LogP contribution is -1.96. The van der Waals surface area contributed by atoms with Gasteiger partial charge in [0.1, 0.15) is 34.6 Å². The lowest BCUT2D eigenvalue weighted by atomic mass is 10.1. The number of nitrogen functional groups attached to an aromatic ring is 2. The van der Waals surface area contributed by atoms with E-state index in [-0.39, 0.29) is 0 Å². The van der Waals surface area contributed by atoms with E-state index in [4.69, 9.17) is 11.5 Å². The van der Waals surface area contributed by atoms with Crippen molar-refractivity contribution in [3.8, 4) is 0 Å². The Morgan fingerprint density at radius 3 is 1.48 bits per heavy atom. The topological polar surface area (TPSA) is 52.0 Å². The van der Waals surface area contributed by atoms with Crippen molar-refractivity contribution in [2.45, 2.75) is 13.3 Å². The van der Waals surface area contributed by atoms with Crippen molar-refractivity contribution in [2.24, 2.45) is 0 Å². The van der Waals surface area contributed by atoms with Gasteiger partial charge in [-0.3, -0.25) is 0 Å². The highest BCUT2D eigenvalue weighted by Crippen LogP contribution is 2.20. The van der Waals surface area contributed by atoms with Gasteiger partial charge in [-0.1, -0.05) is 22.9 Å². The molecule has 2 nitrogen and oxygen atoms in total. The molecule has 0 saturated heterocycles. The average Bonchev–Trinajstić information content (AvgIpc) is 2.42. The van der Waals surface area contributed by atoms with E-state index in [2.05, 4.69) is 15.9 Å². The van der Waals surface area contributed by atoms with Crippen LogP contribution in [0.3, 0.4) is 0 Å². The summed E-state index contributed by atoms with van der Waals surface area (Å²) in [5.41, 5.74) is 9.81. The van der Waals surface area contributed by atoms with Crippen LogP contribution in [0.2, 0.25) is 0 Å². The van der Waals surface area contributed by atoms with Crippen LogP contribution < -0.4 is 11.5 Å². The maximum absolute atomic E-state index is 12.7. The Morgan fingerprint density at radius 2 is 1.14 bits per heavy atom. The average molecular weight is 365 g/mol. The van der Waals surface area contributed by atoms with Gasteiger partial charge >= 0.3 is 0 Å². The number of hydrogen-bond acceptors (Lipinski definition) is 2. The van der Waals surface area contributed by atoms with Crippen LogP contribution in [0.4, 0.5) is 28.9 Å². The molecule has 0 bridgehead atoms. The molecule has 2 aromatic carbocycles. The minimum absolute atomic E-state index is 0.344. The number of rotatable bonds is 1. The molecule has 0 heterocycles. The van der Waals surface area contributed by atoms with Crippen LogP contribution in [0, 0.1) is 23.3 Å². The molecule has 0 atom stereocenters. The van der Waals surface area contributed by atoms with Gasteiger partial charge in [0.2, 0.25) is 0 Å². The zero-order valence-corrected chi connectivity index (χ0v) is 12.6. The van der Waals surface area contributed by atoms with E-state index in [1.165, 1.54) is 12.1 Å². The van der Waals surface area contributed by atoms with E-state index in [1.54, 1.807) is 0 Å². The highest BCUT2D eigenvalue weighted by Gasteiger charge is 2.06. The van der Waals surface area contributed by atoms with E-state index in [0.29, 0.717) is 16.5 Å². The first-order valence-corrected chi connectivity index (χ1v) is 6.69. The first kappa shape index (κ1) is 17.3. The summed E-state index contributed by atoms with van der Waals surface area (Å²) in [7, 11) is 0. The third kappa shape index (κ3) is 4.63. The molecule has 0 aliphatic heterocycles. The summed E-state index contributed by atoms with van der Waals surface area (Å²) in [5, 5.41) is 0. The maximum atomic E-state index is 12.7. The number of nitrogens with two attached hydrogens (primary N) is 2. The van der Waals surface area contributed by atoms with Gasteiger partial charge in [0.15, 0.2) is 0 Å². The minimum atomic E-state index is -0.744. The Kier molecular flexibility index (Phi) is 6.02. The molecule has 114 valence electrons. The van der Waals surface area contributed by atoms with Crippen molar-refractivity contribution >= 4 is 27.3 Å². The van der Waals surface area contributed by atoms with Gasteiger partial charge in [0.25, 0.3) is 0 Å². The molecule has 0 unspecified atom stereocenters. The van der Waals surface area contributed by atoms with Gasteiger partial charge in [-0.2, -0.15) is 0 Å². The zero-order valence-electron chi connectivity index (χ0n) is 11.1. The third-order valence-corrected chi connectivity index (χ3v) is 3.05. The predicted molar refractivity (Wildman–Crippen MR) is 78.6 cm³/mol. The summed E-state index contributed by atoms with van der Waals surface area (Å²) in [6.07, 6.45) is 0.605. The molecular formula is C14H13BrF4N2. The molecule has 7 heteroatoms. The summed E-state index contributed by atoms with van der Waals surface area (Å²) in [6, 6.07) is 4.72. The van der Waals surface area contributed by atoms with E-state index in [0.717, 1.165) is 12.1 Å². The van der Waals surface area contributed by atoms with Crippen molar-refractivity contribution in [1.29, 1.82) is 0 Å². The summed E-state index contributed by atoms with van der Waals surface area (Å²) < 4.78 is 50.6. The molecule has 21 heavy (non-hydrogen) atoms. The molecule has 2 rings (SSSR count). The Bertz CT molecular complexity index is 601. The van der Waals surface area contributed by atoms with E-state index < -0.39 is 34.6 Å². The van der Waals surface area contributed by atoms with Crippen LogP contribution >= 0.6 is 15.9 Å². The highest BCUT2D eigenvalue weighted by molar-refractivity contribution is 9.10. The van der Waals surface area contributed by atoms with Crippen molar-refractivity contribution < 1.29 is 17.6 Å². The summed E-state index contributed by atoms with van der Waals surface area (Å²) >= 11 is 2.91. The van der Waals surface area contributed by atoms with Crippen LogP contribution in [0.5, 0.6) is 0 Å². The predicted octanol–water partition coefficient (Wildman–Crippen LogP) is 4.42. The first-order chi connectivity index (χ1) is 9.76. The number of halogens is 5. The molecule has 0 radical (unpaired) electrons. The largest absolute Gasteiger partial charge is 0.394 e. The number of hydrogen-bond donors (Lipinski definition) is 2. The van der Waals surface area contributed by atoms with Crippen LogP contribution in [0.25, 0.3) is 0 Å². The monoisotopic (exact) mass is 364 g/mol. The minimum Gasteiger partial charge on any atom is -0.394 e. The number of benzene rings is 2. The smallest absolute Gasteiger partial charge is 0.150 e. The van der Waals surface area contributed by atoms with Gasteiger partial charge < -0.3 is 11.5 Å². The molecule has 0 saturated carbocycles. The normalized spacial score (nSPS) is 10.0. The molecule has 0 amide bonds. The number of aryl methyl sites for hydroxylation is 1. The highest BCUT2D eigenvalue weighted by atomic mass is 79.9. The Labute approximate surface area is 127 Å². The van der Waals surface area contributed by atoms with Gasteiger partial charge in [0.05, 0.1) is 0 Å². The van der Waals surface area contributed by atoms with E-state index >= 15 is 0 Å². The SMILES string of the molecule is CCc1cc(F)c(N)c(F)c1.Nc1c(F)cc(Br)cc1F. The molecular weight excluding hydrogens is 352 g/mol. The second kappa shape index (κ2) is 7.31. The summed E-state index contributed by atoms with van der Waals surface area (Å²) in [4.78, 5) is 0. The van der Waals surface area contributed by atoms with Gasteiger partial charge in [0, 0.05) is 4.47 Å². The third-order valence-electron chi connectivity index (χ3n) is 2.59. The van der Waals surface area contributed by atoms with E-state index in [1.807, 2.05) is 6.92 Å². The summed E-state index contributed by atoms with van der Waals surface area (Å²) in [5.74, 6) is -2.84. The first-order valence-electron chi connectivity index (χ1n) is 5.89. The second-order valence-corrected chi connectivity index (χ2v) is 5.03. The Morgan fingerprint density at radius 1 is 0.810 bits per heavy atom. The Balaban J connectivity index is 0.000000211. The fourth-order valence-corrected chi connectivity index (χ4v) is 1.80. The van der Waals surface area contributed by atoms with Crippen LogP contribution in [0.1, 0.15) is 12.5 Å². The number of anilines is 2. The molecule has 0 aliphatic rings.